The summed E-state index contributed by atoms with van der Waals surface area (Å²) >= 11 is 0. The van der Waals surface area contributed by atoms with Crippen LogP contribution < -0.4 is 14.8 Å². The highest BCUT2D eigenvalue weighted by Gasteiger charge is 2.31. The molecule has 1 heterocycles. The normalized spacial score (nSPS) is 13.0. The summed E-state index contributed by atoms with van der Waals surface area (Å²) in [5.74, 6) is 0.346. The molecule has 0 radical (unpaired) electrons. The molecule has 0 fully saturated rings. The zero-order chi connectivity index (χ0) is 16.4. The number of anilines is 2. The van der Waals surface area contributed by atoms with E-state index in [1.165, 1.54) is 6.07 Å². The van der Waals surface area contributed by atoms with Crippen molar-refractivity contribution in [3.63, 3.8) is 0 Å². The first-order valence-electron chi connectivity index (χ1n) is 6.78. The summed E-state index contributed by atoms with van der Waals surface area (Å²) in [4.78, 5) is 0. The van der Waals surface area contributed by atoms with Gasteiger partial charge in [-0.2, -0.15) is 5.26 Å². The number of hydrogen-bond donors (Lipinski definition) is 1. The molecule has 0 aromatic heterocycles. The van der Waals surface area contributed by atoms with E-state index in [0.29, 0.717) is 18.7 Å². The van der Waals surface area contributed by atoms with Gasteiger partial charge in [0.05, 0.1) is 17.9 Å². The molecule has 0 saturated carbocycles. The van der Waals surface area contributed by atoms with E-state index in [1.54, 1.807) is 12.1 Å². The molecule has 0 spiro atoms. The third kappa shape index (κ3) is 3.31. The molecule has 2 aromatic carbocycles. The molecule has 0 aliphatic carbocycles. The molecule has 1 N–H and O–H groups in total. The molecule has 0 saturated heterocycles. The summed E-state index contributed by atoms with van der Waals surface area (Å²) in [7, 11) is 0. The van der Waals surface area contributed by atoms with Crippen LogP contribution in [0.5, 0.6) is 11.5 Å². The van der Waals surface area contributed by atoms with Crippen molar-refractivity contribution in [3.05, 3.63) is 47.5 Å². The Morgan fingerprint density at radius 1 is 1.17 bits per heavy atom. The zero-order valence-electron chi connectivity index (χ0n) is 11.8. The number of nitriles is 1. The minimum atomic E-state index is -4.78. The quantitative estimate of drug-likeness (QED) is 0.923. The van der Waals surface area contributed by atoms with E-state index in [1.807, 2.05) is 12.1 Å². The zero-order valence-corrected chi connectivity index (χ0v) is 11.8. The lowest BCUT2D eigenvalue weighted by Gasteiger charge is -2.14. The summed E-state index contributed by atoms with van der Waals surface area (Å²) in [6.07, 6.45) is -4.09. The highest BCUT2D eigenvalue weighted by atomic mass is 19.4. The Kier molecular flexibility index (Phi) is 3.74. The summed E-state index contributed by atoms with van der Waals surface area (Å²) in [5.41, 5.74) is 2.09. The number of ether oxygens (including phenoxy) is 2. The minimum absolute atomic E-state index is 0.219. The van der Waals surface area contributed by atoms with Crippen LogP contribution in [0.3, 0.4) is 0 Å². The second-order valence-electron chi connectivity index (χ2n) is 4.87. The van der Waals surface area contributed by atoms with Crippen LogP contribution in [0.25, 0.3) is 0 Å². The van der Waals surface area contributed by atoms with Gasteiger partial charge in [-0.05, 0) is 24.3 Å². The van der Waals surface area contributed by atoms with Gasteiger partial charge in [-0.1, -0.05) is 6.07 Å². The van der Waals surface area contributed by atoms with E-state index < -0.39 is 6.36 Å². The molecule has 0 unspecified atom stereocenters. The Hall–Kier alpha value is -2.88. The Labute approximate surface area is 130 Å². The standard InChI is InChI=1S/C16H11F3N2O2/c17-16(18,19)23-11-5-4-10(9-20)14(8-11)21-13-2-1-3-15-12(13)6-7-22-15/h1-5,8,21H,6-7H2. The molecule has 7 heteroatoms. The van der Waals surface area contributed by atoms with Crippen molar-refractivity contribution in [1.82, 2.24) is 0 Å². The van der Waals surface area contributed by atoms with Crippen LogP contribution in [0, 0.1) is 11.3 Å². The smallest absolute Gasteiger partial charge is 0.493 e. The second kappa shape index (κ2) is 5.72. The SMILES string of the molecule is N#Cc1ccc(OC(F)(F)F)cc1Nc1cccc2c1CCO2. The molecule has 1 aliphatic heterocycles. The second-order valence-corrected chi connectivity index (χ2v) is 4.87. The monoisotopic (exact) mass is 320 g/mol. The van der Waals surface area contributed by atoms with Gasteiger partial charge in [-0.25, -0.2) is 0 Å². The van der Waals surface area contributed by atoms with Crippen molar-refractivity contribution in [2.45, 2.75) is 12.8 Å². The van der Waals surface area contributed by atoms with Crippen LogP contribution in [0.4, 0.5) is 24.5 Å². The number of fused-ring (bicyclic) bond motifs is 1. The number of benzene rings is 2. The lowest BCUT2D eigenvalue weighted by molar-refractivity contribution is -0.274. The van der Waals surface area contributed by atoms with E-state index in [-0.39, 0.29) is 17.0 Å². The summed E-state index contributed by atoms with van der Waals surface area (Å²) in [6, 6.07) is 10.9. The van der Waals surface area contributed by atoms with Gasteiger partial charge in [0, 0.05) is 23.7 Å². The van der Waals surface area contributed by atoms with E-state index >= 15 is 0 Å². The van der Waals surface area contributed by atoms with Gasteiger partial charge in [0.25, 0.3) is 0 Å². The molecule has 23 heavy (non-hydrogen) atoms. The van der Waals surface area contributed by atoms with Gasteiger partial charge >= 0.3 is 6.36 Å². The third-order valence-electron chi connectivity index (χ3n) is 3.36. The van der Waals surface area contributed by atoms with E-state index in [9.17, 15) is 13.2 Å². The summed E-state index contributed by atoms with van der Waals surface area (Å²) < 4.78 is 46.4. The van der Waals surface area contributed by atoms with Crippen molar-refractivity contribution >= 4 is 11.4 Å². The molecular weight excluding hydrogens is 309 g/mol. The first kappa shape index (κ1) is 15.0. The van der Waals surface area contributed by atoms with Crippen LogP contribution in [0.15, 0.2) is 36.4 Å². The lowest BCUT2D eigenvalue weighted by atomic mass is 10.1. The van der Waals surface area contributed by atoms with Gasteiger partial charge in [0.1, 0.15) is 17.6 Å². The van der Waals surface area contributed by atoms with Crippen molar-refractivity contribution in [1.29, 1.82) is 5.26 Å². The Morgan fingerprint density at radius 2 is 2.00 bits per heavy atom. The molecule has 0 amide bonds. The van der Waals surface area contributed by atoms with Crippen molar-refractivity contribution in [3.8, 4) is 17.6 Å². The largest absolute Gasteiger partial charge is 0.573 e. The first-order chi connectivity index (χ1) is 11.0. The minimum Gasteiger partial charge on any atom is -0.493 e. The fourth-order valence-electron chi connectivity index (χ4n) is 2.41. The Bertz CT molecular complexity index is 782. The maximum absolute atomic E-state index is 12.3. The van der Waals surface area contributed by atoms with E-state index in [4.69, 9.17) is 10.00 Å². The summed E-state index contributed by atoms with van der Waals surface area (Å²) in [6.45, 7) is 0.552. The first-order valence-corrected chi connectivity index (χ1v) is 6.78. The van der Waals surface area contributed by atoms with Crippen LogP contribution >= 0.6 is 0 Å². The predicted molar refractivity (Wildman–Crippen MR) is 76.8 cm³/mol. The average Bonchev–Trinajstić information content (AvgIpc) is 2.95. The molecular formula is C16H11F3N2O2. The molecule has 0 bridgehead atoms. The fourth-order valence-corrected chi connectivity index (χ4v) is 2.41. The topological polar surface area (TPSA) is 54.3 Å². The number of halogens is 3. The van der Waals surface area contributed by atoms with Crippen LogP contribution in [0.2, 0.25) is 0 Å². The summed E-state index contributed by atoms with van der Waals surface area (Å²) in [5, 5.41) is 12.1. The van der Waals surface area contributed by atoms with Gasteiger partial charge < -0.3 is 14.8 Å². The molecule has 118 valence electrons. The van der Waals surface area contributed by atoms with Gasteiger partial charge in [-0.3, -0.25) is 0 Å². The molecule has 1 aliphatic rings. The fraction of sp³-hybridized carbons (Fsp3) is 0.188. The molecule has 3 rings (SSSR count). The number of alkyl halides is 3. The van der Waals surface area contributed by atoms with Gasteiger partial charge in [0.15, 0.2) is 0 Å². The highest BCUT2D eigenvalue weighted by molar-refractivity contribution is 5.72. The Balaban J connectivity index is 1.94. The number of nitrogens with one attached hydrogen (secondary N) is 1. The van der Waals surface area contributed by atoms with Crippen LogP contribution in [0.1, 0.15) is 11.1 Å². The van der Waals surface area contributed by atoms with Crippen LogP contribution in [-0.4, -0.2) is 13.0 Å². The number of hydrogen-bond acceptors (Lipinski definition) is 4. The van der Waals surface area contributed by atoms with Crippen molar-refractivity contribution in [2.24, 2.45) is 0 Å². The third-order valence-corrected chi connectivity index (χ3v) is 3.36. The lowest BCUT2D eigenvalue weighted by Crippen LogP contribution is -2.17. The van der Waals surface area contributed by atoms with Crippen molar-refractivity contribution in [2.75, 3.05) is 11.9 Å². The predicted octanol–water partition coefficient (Wildman–Crippen LogP) is 4.14. The van der Waals surface area contributed by atoms with Crippen molar-refractivity contribution < 1.29 is 22.6 Å². The average molecular weight is 320 g/mol. The maximum atomic E-state index is 12.3. The molecule has 4 nitrogen and oxygen atoms in total. The van der Waals surface area contributed by atoms with E-state index in [2.05, 4.69) is 10.1 Å². The van der Waals surface area contributed by atoms with Crippen LogP contribution in [-0.2, 0) is 6.42 Å². The highest BCUT2D eigenvalue weighted by Crippen LogP contribution is 2.35. The number of rotatable bonds is 3. The van der Waals surface area contributed by atoms with E-state index in [0.717, 1.165) is 23.4 Å². The Morgan fingerprint density at radius 3 is 2.74 bits per heavy atom. The molecule has 2 aromatic rings. The maximum Gasteiger partial charge on any atom is 0.573 e. The molecule has 0 atom stereocenters. The number of nitrogens with zero attached hydrogens (tertiary/aromatic N) is 1. The van der Waals surface area contributed by atoms with Gasteiger partial charge in [-0.15, -0.1) is 13.2 Å². The van der Waals surface area contributed by atoms with Gasteiger partial charge in [0.2, 0.25) is 0 Å².